The van der Waals surface area contributed by atoms with E-state index in [2.05, 4.69) is 4.74 Å². The molecular weight excluding hydrogens is 482 g/mol. The summed E-state index contributed by atoms with van der Waals surface area (Å²) in [7, 11) is 1.11. The second-order valence-electron chi connectivity index (χ2n) is 8.26. The van der Waals surface area contributed by atoms with Crippen LogP contribution in [0.1, 0.15) is 11.1 Å². The number of nitrogens with zero attached hydrogens (tertiary/aromatic N) is 2. The SMILES string of the molecule is COC(=O)[N+]1(c2cc(OC(F)(F)F)cc(-n3cc(C)c4cc(C(F)(F)F)ccc43)c2)CC([C]=O)C1. The first-order chi connectivity index (χ1) is 16.3. The minimum Gasteiger partial charge on any atom is -0.423 e. The van der Waals surface area contributed by atoms with E-state index < -0.39 is 40.3 Å². The number of carbonyl (C=O) groups excluding carboxylic acids is 2. The van der Waals surface area contributed by atoms with Gasteiger partial charge in [-0.15, -0.1) is 13.2 Å². The number of methoxy groups -OCH3 is 1. The number of quaternary nitrogens is 1. The van der Waals surface area contributed by atoms with Crippen LogP contribution in [0.5, 0.6) is 5.75 Å². The maximum Gasteiger partial charge on any atom is 0.573 e. The molecule has 0 N–H and O–H groups in total. The average molecular weight is 500 g/mol. The molecular formula is C23H18F6N2O4+. The lowest BCUT2D eigenvalue weighted by Crippen LogP contribution is -2.68. The van der Waals surface area contributed by atoms with Crippen LogP contribution in [0.15, 0.2) is 42.6 Å². The third-order valence-corrected chi connectivity index (χ3v) is 5.97. The zero-order valence-corrected chi connectivity index (χ0v) is 18.3. The van der Waals surface area contributed by atoms with Crippen molar-refractivity contribution in [2.24, 2.45) is 5.92 Å². The van der Waals surface area contributed by atoms with Crippen molar-refractivity contribution in [3.8, 4) is 11.4 Å². The summed E-state index contributed by atoms with van der Waals surface area (Å²) in [4.78, 5) is 23.7. The Balaban J connectivity index is 1.91. The van der Waals surface area contributed by atoms with Gasteiger partial charge in [-0.2, -0.15) is 22.4 Å². The van der Waals surface area contributed by atoms with Crippen LogP contribution < -0.4 is 9.22 Å². The van der Waals surface area contributed by atoms with Gasteiger partial charge in [0.2, 0.25) is 6.29 Å². The molecule has 0 unspecified atom stereocenters. The molecule has 2 aromatic carbocycles. The fraction of sp³-hybridized carbons (Fsp3) is 0.304. The Hall–Kier alpha value is -3.54. The number of aromatic nitrogens is 1. The number of aryl methyl sites for hydroxylation is 1. The van der Waals surface area contributed by atoms with Crippen LogP contribution >= 0.6 is 0 Å². The Kier molecular flexibility index (Phi) is 5.82. The lowest BCUT2D eigenvalue weighted by atomic mass is 9.96. The zero-order valence-electron chi connectivity index (χ0n) is 18.3. The molecule has 0 atom stereocenters. The van der Waals surface area contributed by atoms with E-state index in [-0.39, 0.29) is 29.9 Å². The second-order valence-corrected chi connectivity index (χ2v) is 8.26. The molecule has 1 aliphatic rings. The Bertz CT molecular complexity index is 1310. The lowest BCUT2D eigenvalue weighted by Gasteiger charge is -2.43. The second kappa shape index (κ2) is 8.29. The summed E-state index contributed by atoms with van der Waals surface area (Å²) in [6.07, 6.45) is -7.17. The summed E-state index contributed by atoms with van der Waals surface area (Å²) in [5.74, 6) is -1.27. The molecule has 0 aliphatic carbocycles. The Morgan fingerprint density at radius 2 is 1.77 bits per heavy atom. The Morgan fingerprint density at radius 1 is 1.09 bits per heavy atom. The highest BCUT2D eigenvalue weighted by Gasteiger charge is 2.54. The minimum absolute atomic E-state index is 0.0616. The highest BCUT2D eigenvalue weighted by atomic mass is 19.4. The summed E-state index contributed by atoms with van der Waals surface area (Å²) in [6.45, 7) is 1.41. The van der Waals surface area contributed by atoms with Gasteiger partial charge in [-0.25, -0.2) is 0 Å². The molecule has 4 rings (SSSR count). The lowest BCUT2D eigenvalue weighted by molar-refractivity contribution is -0.274. The van der Waals surface area contributed by atoms with Crippen molar-refractivity contribution in [2.75, 3.05) is 20.2 Å². The standard InChI is InChI=1S/C23H18F6N2O4/c1-13-9-30(20-4-3-15(5-19(13)20)22(24,25)26)16-6-17(8-18(7-16)35-23(27,28)29)31(21(33)34-2)10-14(11-31)12-32/h3-9,14H,10-11H2,1-2H3/q+1. The van der Waals surface area contributed by atoms with Gasteiger partial charge in [0.1, 0.15) is 30.4 Å². The van der Waals surface area contributed by atoms with E-state index in [1.165, 1.54) is 22.9 Å². The van der Waals surface area contributed by atoms with Gasteiger partial charge in [0.05, 0.1) is 23.9 Å². The van der Waals surface area contributed by atoms with E-state index in [9.17, 15) is 35.9 Å². The molecule has 2 heterocycles. The van der Waals surface area contributed by atoms with E-state index in [0.29, 0.717) is 11.1 Å². The number of rotatable bonds is 4. The number of likely N-dealkylation sites (tertiary alicyclic amines) is 1. The van der Waals surface area contributed by atoms with Gasteiger partial charge in [-0.05, 0) is 30.7 Å². The molecule has 35 heavy (non-hydrogen) atoms. The number of ether oxygens (including phenoxy) is 2. The van der Waals surface area contributed by atoms with Gasteiger partial charge in [-0.1, -0.05) is 0 Å². The molecule has 185 valence electrons. The van der Waals surface area contributed by atoms with Crippen LogP contribution in [-0.4, -0.2) is 43.5 Å². The van der Waals surface area contributed by atoms with Crippen molar-refractivity contribution in [1.82, 2.24) is 9.05 Å². The molecule has 1 radical (unpaired) electrons. The van der Waals surface area contributed by atoms with Gasteiger partial charge in [0, 0.05) is 29.8 Å². The Labute approximate surface area is 194 Å². The highest BCUT2D eigenvalue weighted by molar-refractivity contribution is 5.89. The van der Waals surface area contributed by atoms with Crippen molar-refractivity contribution >= 4 is 29.0 Å². The van der Waals surface area contributed by atoms with Gasteiger partial charge in [-0.3, -0.25) is 4.79 Å². The summed E-state index contributed by atoms with van der Waals surface area (Å²) in [5, 5.41) is 0.250. The van der Waals surface area contributed by atoms with Gasteiger partial charge in [0.25, 0.3) is 0 Å². The maximum absolute atomic E-state index is 13.2. The summed E-state index contributed by atoms with van der Waals surface area (Å²) >= 11 is 0. The number of alkyl halides is 6. The first-order valence-electron chi connectivity index (χ1n) is 10.2. The number of benzene rings is 2. The molecule has 12 heteroatoms. The number of hydrogen-bond donors (Lipinski definition) is 0. The van der Waals surface area contributed by atoms with E-state index in [1.807, 2.05) is 0 Å². The average Bonchev–Trinajstić information content (AvgIpc) is 3.07. The number of hydrogen-bond acceptors (Lipinski definition) is 4. The topological polar surface area (TPSA) is 57.5 Å². The summed E-state index contributed by atoms with van der Waals surface area (Å²) < 4.78 is 88.6. The van der Waals surface area contributed by atoms with Crippen molar-refractivity contribution in [3.05, 3.63) is 53.7 Å². The van der Waals surface area contributed by atoms with Crippen LogP contribution in [0.2, 0.25) is 0 Å². The van der Waals surface area contributed by atoms with Crippen LogP contribution in [0.4, 0.5) is 36.8 Å². The smallest absolute Gasteiger partial charge is 0.423 e. The summed E-state index contributed by atoms with van der Waals surface area (Å²) in [5.41, 5.74) is 0.0582. The molecule has 0 spiro atoms. The van der Waals surface area contributed by atoms with Crippen molar-refractivity contribution in [1.29, 1.82) is 0 Å². The molecule has 3 aromatic rings. The van der Waals surface area contributed by atoms with E-state index in [1.54, 1.807) is 13.2 Å². The van der Waals surface area contributed by atoms with Crippen LogP contribution in [0.25, 0.3) is 16.6 Å². The number of amides is 1. The number of fused-ring (bicyclic) bond motifs is 1. The van der Waals surface area contributed by atoms with Crippen molar-refractivity contribution in [2.45, 2.75) is 19.5 Å². The largest absolute Gasteiger partial charge is 0.573 e. The van der Waals surface area contributed by atoms with Crippen molar-refractivity contribution in [3.63, 3.8) is 0 Å². The molecule has 1 aliphatic heterocycles. The fourth-order valence-electron chi connectivity index (χ4n) is 4.34. The third-order valence-electron chi connectivity index (χ3n) is 5.97. The van der Waals surface area contributed by atoms with Crippen LogP contribution in [0, 0.1) is 12.8 Å². The molecule has 1 saturated heterocycles. The predicted molar refractivity (Wildman–Crippen MR) is 113 cm³/mol. The molecule has 1 aromatic heterocycles. The molecule has 1 fully saturated rings. The maximum atomic E-state index is 13.2. The number of halogens is 6. The molecule has 0 saturated carbocycles. The van der Waals surface area contributed by atoms with Gasteiger partial charge >= 0.3 is 18.6 Å². The van der Waals surface area contributed by atoms with E-state index in [0.717, 1.165) is 31.4 Å². The number of carbonyl (C=O) groups is 1. The van der Waals surface area contributed by atoms with E-state index >= 15 is 0 Å². The Morgan fingerprint density at radius 3 is 2.34 bits per heavy atom. The van der Waals surface area contributed by atoms with E-state index in [4.69, 9.17) is 4.74 Å². The predicted octanol–water partition coefficient (Wildman–Crippen LogP) is 5.67. The fourth-order valence-corrected chi connectivity index (χ4v) is 4.34. The van der Waals surface area contributed by atoms with Gasteiger partial charge in [0.15, 0.2) is 0 Å². The first kappa shape index (κ1) is 24.6. The molecule has 6 nitrogen and oxygen atoms in total. The normalized spacial score (nSPS) is 20.4. The third kappa shape index (κ3) is 4.45. The molecule has 1 amide bonds. The minimum atomic E-state index is -5.05. The molecule has 0 bridgehead atoms. The van der Waals surface area contributed by atoms with Gasteiger partial charge < -0.3 is 14.0 Å². The van der Waals surface area contributed by atoms with Crippen LogP contribution in [-0.2, 0) is 15.7 Å². The zero-order chi connectivity index (χ0) is 25.8. The summed E-state index contributed by atoms with van der Waals surface area (Å²) in [6, 6.07) is 6.55. The van der Waals surface area contributed by atoms with Crippen molar-refractivity contribution < 1.29 is 45.4 Å². The quantitative estimate of drug-likeness (QED) is 0.342. The first-order valence-corrected chi connectivity index (χ1v) is 10.2. The highest BCUT2D eigenvalue weighted by Crippen LogP contribution is 2.40. The van der Waals surface area contributed by atoms with Crippen LogP contribution in [0.3, 0.4) is 0 Å². The monoisotopic (exact) mass is 500 g/mol.